The topological polar surface area (TPSA) is 3.24 Å². The number of fused-ring (bicyclic) bond motifs is 7. The summed E-state index contributed by atoms with van der Waals surface area (Å²) in [5.41, 5.74) is 15.3. The minimum Gasteiger partial charge on any atom is -0.310 e. The van der Waals surface area contributed by atoms with Crippen LogP contribution in [0.15, 0.2) is 237 Å². The quantitative estimate of drug-likeness (QED) is 0.155. The van der Waals surface area contributed by atoms with E-state index in [1.807, 2.05) is 11.3 Å². The second-order valence-electron chi connectivity index (χ2n) is 16.0. The molecule has 1 aromatic heterocycles. The highest BCUT2D eigenvalue weighted by Crippen LogP contribution is 2.57. The molecule has 0 N–H and O–H groups in total. The van der Waals surface area contributed by atoms with Crippen LogP contribution < -0.4 is 4.90 Å². The fourth-order valence-corrected chi connectivity index (χ4v) is 11.2. The summed E-state index contributed by atoms with van der Waals surface area (Å²) < 4.78 is 2.63. The van der Waals surface area contributed by atoms with Crippen molar-refractivity contribution >= 4 is 59.3 Å². The lowest BCUT2D eigenvalue weighted by Crippen LogP contribution is -2.28. The van der Waals surface area contributed by atoms with Crippen LogP contribution in [0.2, 0.25) is 0 Å². The van der Waals surface area contributed by atoms with Gasteiger partial charge in [-0.3, -0.25) is 0 Å². The van der Waals surface area contributed by atoms with Crippen LogP contribution in [-0.4, -0.2) is 0 Å². The monoisotopic (exact) mass is 793 g/mol. The van der Waals surface area contributed by atoms with Crippen molar-refractivity contribution in [2.45, 2.75) is 5.41 Å². The van der Waals surface area contributed by atoms with E-state index in [2.05, 4.69) is 241 Å². The molecule has 61 heavy (non-hydrogen) atoms. The van der Waals surface area contributed by atoms with Gasteiger partial charge in [-0.25, -0.2) is 0 Å². The maximum Gasteiger partial charge on any atom is 0.0714 e. The van der Waals surface area contributed by atoms with Crippen LogP contribution >= 0.6 is 11.3 Å². The highest BCUT2D eigenvalue weighted by Gasteiger charge is 2.46. The van der Waals surface area contributed by atoms with E-state index in [9.17, 15) is 0 Å². The third-order valence-electron chi connectivity index (χ3n) is 12.7. The Morgan fingerprint density at radius 2 is 0.934 bits per heavy atom. The van der Waals surface area contributed by atoms with Crippen LogP contribution in [0.3, 0.4) is 0 Å². The number of hydrogen-bond donors (Lipinski definition) is 0. The second-order valence-corrected chi connectivity index (χ2v) is 17.1. The number of thiophene rings is 1. The Morgan fingerprint density at radius 3 is 1.75 bits per heavy atom. The number of benzene rings is 10. The predicted molar refractivity (Wildman–Crippen MR) is 260 cm³/mol. The molecule has 0 atom stereocenters. The minimum atomic E-state index is -0.505. The van der Waals surface area contributed by atoms with E-state index in [0.29, 0.717) is 0 Å². The summed E-state index contributed by atoms with van der Waals surface area (Å²) in [6.45, 7) is 0. The zero-order chi connectivity index (χ0) is 40.3. The van der Waals surface area contributed by atoms with Crippen LogP contribution in [0, 0.1) is 0 Å². The Kier molecular flexibility index (Phi) is 8.33. The molecule has 11 aromatic rings. The molecule has 0 fully saturated rings. The first-order valence-electron chi connectivity index (χ1n) is 21.0. The third-order valence-corrected chi connectivity index (χ3v) is 13.9. The summed E-state index contributed by atoms with van der Waals surface area (Å²) in [6, 6.07) is 87.4. The van der Waals surface area contributed by atoms with Crippen LogP contribution in [0.5, 0.6) is 0 Å². The Balaban J connectivity index is 1.07. The standard InChI is InChI=1S/C59H39NS/c1-3-18-45(19-4-1)59(46-20-5-2-6-21-46)55-27-11-9-23-51(55)52-36-35-49(39-56(52)59)60(47-33-31-41(32-34-47)43-30-29-40-15-7-8-16-42(40)37-43)48-22-13-17-44(38-48)50-25-14-26-54-53-24-10-12-28-57(53)61-58(50)54/h1-39H. The van der Waals surface area contributed by atoms with Crippen LogP contribution in [-0.2, 0) is 5.41 Å². The lowest BCUT2D eigenvalue weighted by Gasteiger charge is -2.35. The van der Waals surface area contributed by atoms with E-state index >= 15 is 0 Å². The van der Waals surface area contributed by atoms with Gasteiger partial charge in [0.05, 0.1) is 5.41 Å². The van der Waals surface area contributed by atoms with E-state index in [0.717, 1.165) is 17.1 Å². The van der Waals surface area contributed by atoms with Crippen LogP contribution in [0.25, 0.3) is 64.3 Å². The summed E-state index contributed by atoms with van der Waals surface area (Å²) in [7, 11) is 0. The summed E-state index contributed by atoms with van der Waals surface area (Å²) in [6.07, 6.45) is 0. The van der Waals surface area contributed by atoms with Gasteiger partial charge in [0.15, 0.2) is 0 Å². The van der Waals surface area contributed by atoms with Crippen LogP contribution in [0.4, 0.5) is 17.1 Å². The van der Waals surface area contributed by atoms with Crippen LogP contribution in [0.1, 0.15) is 22.3 Å². The average Bonchev–Trinajstić information content (AvgIpc) is 3.86. The van der Waals surface area contributed by atoms with Gasteiger partial charge >= 0.3 is 0 Å². The van der Waals surface area contributed by atoms with Gasteiger partial charge in [0, 0.05) is 37.2 Å². The van der Waals surface area contributed by atoms with Gasteiger partial charge in [-0.05, 0) is 115 Å². The molecule has 0 unspecified atom stereocenters. The number of rotatable bonds is 7. The molecule has 1 aliphatic carbocycles. The summed E-state index contributed by atoms with van der Waals surface area (Å²) >= 11 is 1.88. The highest BCUT2D eigenvalue weighted by molar-refractivity contribution is 7.26. The highest BCUT2D eigenvalue weighted by atomic mass is 32.1. The molecule has 0 saturated heterocycles. The van der Waals surface area contributed by atoms with Crippen molar-refractivity contribution < 1.29 is 0 Å². The first-order chi connectivity index (χ1) is 30.2. The number of nitrogens with zero attached hydrogens (tertiary/aromatic N) is 1. The molecule has 0 spiro atoms. The van der Waals surface area contributed by atoms with Crippen molar-refractivity contribution in [1.82, 2.24) is 0 Å². The van der Waals surface area contributed by atoms with Crippen molar-refractivity contribution in [2.24, 2.45) is 0 Å². The van der Waals surface area contributed by atoms with Gasteiger partial charge in [0.25, 0.3) is 0 Å². The smallest absolute Gasteiger partial charge is 0.0714 e. The Bertz CT molecular complexity index is 3380. The summed E-state index contributed by atoms with van der Waals surface area (Å²) in [5.74, 6) is 0. The maximum atomic E-state index is 2.46. The van der Waals surface area contributed by atoms with Crippen molar-refractivity contribution in [1.29, 1.82) is 0 Å². The molecule has 0 saturated carbocycles. The van der Waals surface area contributed by atoms with Gasteiger partial charge in [0.1, 0.15) is 0 Å². The molecular formula is C59H39NS. The molecule has 0 bridgehead atoms. The van der Waals surface area contributed by atoms with Crippen molar-refractivity contribution in [2.75, 3.05) is 4.90 Å². The van der Waals surface area contributed by atoms with Gasteiger partial charge < -0.3 is 4.90 Å². The first-order valence-corrected chi connectivity index (χ1v) is 21.8. The molecule has 1 heterocycles. The van der Waals surface area contributed by atoms with Gasteiger partial charge in [-0.15, -0.1) is 11.3 Å². The number of hydrogen-bond acceptors (Lipinski definition) is 2. The van der Waals surface area contributed by atoms with E-state index in [1.54, 1.807) is 0 Å². The number of anilines is 3. The fourth-order valence-electron chi connectivity index (χ4n) is 9.98. The Hall–Kier alpha value is -7.52. The predicted octanol–water partition coefficient (Wildman–Crippen LogP) is 16.4. The van der Waals surface area contributed by atoms with E-state index in [4.69, 9.17) is 0 Å². The van der Waals surface area contributed by atoms with Crippen molar-refractivity contribution in [3.8, 4) is 33.4 Å². The van der Waals surface area contributed by atoms with Crippen molar-refractivity contribution in [3.05, 3.63) is 259 Å². The molecule has 0 aliphatic heterocycles. The Labute approximate surface area is 360 Å². The maximum absolute atomic E-state index is 2.46. The van der Waals surface area contributed by atoms with E-state index in [-0.39, 0.29) is 0 Å². The lowest BCUT2D eigenvalue weighted by molar-refractivity contribution is 0.768. The molecule has 0 radical (unpaired) electrons. The van der Waals surface area contributed by atoms with E-state index < -0.39 is 5.41 Å². The van der Waals surface area contributed by atoms with Gasteiger partial charge in [-0.1, -0.05) is 188 Å². The molecule has 286 valence electrons. The largest absolute Gasteiger partial charge is 0.310 e. The van der Waals surface area contributed by atoms with Crippen molar-refractivity contribution in [3.63, 3.8) is 0 Å². The average molecular weight is 794 g/mol. The van der Waals surface area contributed by atoms with E-state index in [1.165, 1.54) is 86.6 Å². The Morgan fingerprint density at radius 1 is 0.328 bits per heavy atom. The normalized spacial score (nSPS) is 12.7. The zero-order valence-corrected chi connectivity index (χ0v) is 34.2. The van der Waals surface area contributed by atoms with Gasteiger partial charge in [0.2, 0.25) is 0 Å². The second kappa shape index (κ2) is 14.3. The summed E-state index contributed by atoms with van der Waals surface area (Å²) in [5, 5.41) is 5.12. The third kappa shape index (κ3) is 5.68. The zero-order valence-electron chi connectivity index (χ0n) is 33.4. The lowest BCUT2D eigenvalue weighted by atomic mass is 9.67. The summed E-state index contributed by atoms with van der Waals surface area (Å²) in [4.78, 5) is 2.45. The fraction of sp³-hybridized carbons (Fsp3) is 0.0169. The molecule has 10 aromatic carbocycles. The first kappa shape index (κ1) is 35.4. The molecule has 1 aliphatic rings. The molecule has 1 nitrogen and oxygen atoms in total. The minimum absolute atomic E-state index is 0.505. The SMILES string of the molecule is c1ccc(C2(c3ccccc3)c3ccccc3-c3ccc(N(c4ccc(-c5ccc6ccccc6c5)cc4)c4cccc(-c5cccc6c5sc5ccccc56)c4)cc32)cc1. The molecule has 0 amide bonds. The molecule has 2 heteroatoms. The molecule has 12 rings (SSSR count). The molecular weight excluding hydrogens is 755 g/mol. The van der Waals surface area contributed by atoms with Gasteiger partial charge in [-0.2, -0.15) is 0 Å².